The molecule has 0 amide bonds. The predicted octanol–water partition coefficient (Wildman–Crippen LogP) is 3.45. The van der Waals surface area contributed by atoms with E-state index in [1.807, 2.05) is 0 Å². The van der Waals surface area contributed by atoms with Gasteiger partial charge in [0.2, 0.25) is 0 Å². The zero-order valence-electron chi connectivity index (χ0n) is 7.23. The molecule has 0 aromatic heterocycles. The maximum absolute atomic E-state index is 4.38. The molecule has 0 fully saturated rings. The van der Waals surface area contributed by atoms with Gasteiger partial charge in [-0.05, 0) is 6.42 Å². The minimum absolute atomic E-state index is 0. The number of halogens is 2. The van der Waals surface area contributed by atoms with Crippen LogP contribution in [0.25, 0.3) is 5.32 Å². The first-order valence-electron chi connectivity index (χ1n) is 3.35. The van der Waals surface area contributed by atoms with Crippen LogP contribution < -0.4 is 0 Å². The Morgan fingerprint density at radius 3 is 2.25 bits per heavy atom. The zero-order chi connectivity index (χ0) is 6.69. The summed E-state index contributed by atoms with van der Waals surface area (Å²) in [6.07, 6.45) is 7.28. The van der Waals surface area contributed by atoms with Gasteiger partial charge in [0, 0.05) is 18.6 Å². The summed E-state index contributed by atoms with van der Waals surface area (Å²) in [5.74, 6) is 0. The summed E-state index contributed by atoms with van der Waals surface area (Å²) in [5.41, 5.74) is 1.21. The molecule has 12 heavy (non-hydrogen) atoms. The van der Waals surface area contributed by atoms with Gasteiger partial charge in [-0.2, -0.15) is 5.70 Å². The molecule has 1 nitrogen and oxygen atoms in total. The van der Waals surface area contributed by atoms with Gasteiger partial charge in [-0.15, -0.1) is 30.9 Å². The molecule has 0 bridgehead atoms. The third kappa shape index (κ3) is 7.11. The van der Waals surface area contributed by atoms with Gasteiger partial charge in [0.15, 0.2) is 0 Å². The van der Waals surface area contributed by atoms with Crippen LogP contribution in [0.3, 0.4) is 0 Å². The van der Waals surface area contributed by atoms with Gasteiger partial charge in [0.1, 0.15) is 0 Å². The normalized spacial score (nSPS) is 12.4. The van der Waals surface area contributed by atoms with E-state index in [1.54, 1.807) is 0 Å². The molecule has 0 unspecified atom stereocenters. The van der Waals surface area contributed by atoms with Gasteiger partial charge in [0.25, 0.3) is 0 Å². The van der Waals surface area contributed by atoms with E-state index < -0.39 is 0 Å². The van der Waals surface area contributed by atoms with Crippen molar-refractivity contribution in [2.24, 2.45) is 0 Å². The molecule has 0 saturated carbocycles. The van der Waals surface area contributed by atoms with Gasteiger partial charge in [-0.1, -0.05) is 32.1 Å². The molecule has 0 spiro atoms. The van der Waals surface area contributed by atoms with E-state index in [4.69, 9.17) is 0 Å². The molecule has 1 aliphatic rings. The fourth-order valence-electron chi connectivity index (χ4n) is 0.863. The minimum atomic E-state index is 0. The second-order valence-corrected chi connectivity index (χ2v) is 2.51. The van der Waals surface area contributed by atoms with Crippen molar-refractivity contribution in [3.8, 4) is 0 Å². The van der Waals surface area contributed by atoms with E-state index in [-0.39, 0.29) is 43.4 Å². The van der Waals surface area contributed by atoms with Crippen LogP contribution in [0.4, 0.5) is 0 Å². The molecular formula is C8H14Cl2NV-. The van der Waals surface area contributed by atoms with Crippen molar-refractivity contribution in [1.82, 2.24) is 0 Å². The molecular weight excluding hydrogens is 232 g/mol. The Morgan fingerprint density at radius 1 is 1.33 bits per heavy atom. The van der Waals surface area contributed by atoms with E-state index in [0.29, 0.717) is 6.04 Å². The Labute approximate surface area is 98.8 Å². The van der Waals surface area contributed by atoms with Crippen molar-refractivity contribution < 1.29 is 18.6 Å². The van der Waals surface area contributed by atoms with Crippen LogP contribution >= 0.6 is 24.8 Å². The van der Waals surface area contributed by atoms with E-state index in [1.165, 1.54) is 5.70 Å². The van der Waals surface area contributed by atoms with Crippen molar-refractivity contribution in [2.75, 3.05) is 0 Å². The summed E-state index contributed by atoms with van der Waals surface area (Å²) >= 11 is 0. The quantitative estimate of drug-likeness (QED) is 0.708. The maximum Gasteiger partial charge on any atom is 0 e. The second kappa shape index (κ2) is 9.53. The molecule has 0 heterocycles. The average molecular weight is 246 g/mol. The minimum Gasteiger partial charge on any atom is -0.685 e. The SMILES string of the molecule is CC(C)[N-]C1=CC=CC1.Cl.Cl.[V]. The van der Waals surface area contributed by atoms with Gasteiger partial charge >= 0.3 is 0 Å². The molecule has 0 N–H and O–H groups in total. The Hall–Kier alpha value is 0.444. The molecule has 0 aromatic rings. The third-order valence-corrected chi connectivity index (χ3v) is 1.18. The van der Waals surface area contributed by atoms with Gasteiger partial charge in [0.05, 0.1) is 0 Å². The van der Waals surface area contributed by atoms with Crippen molar-refractivity contribution in [2.45, 2.75) is 26.3 Å². The van der Waals surface area contributed by atoms with E-state index in [0.717, 1.165) is 6.42 Å². The third-order valence-electron chi connectivity index (χ3n) is 1.18. The van der Waals surface area contributed by atoms with E-state index >= 15 is 0 Å². The van der Waals surface area contributed by atoms with Crippen molar-refractivity contribution in [3.05, 3.63) is 29.2 Å². The van der Waals surface area contributed by atoms with Crippen molar-refractivity contribution >= 4 is 24.8 Å². The Bertz CT molecular complexity index is 155. The monoisotopic (exact) mass is 245 g/mol. The number of allylic oxidation sites excluding steroid dienone is 3. The smallest absolute Gasteiger partial charge is 0 e. The van der Waals surface area contributed by atoms with Gasteiger partial charge in [-0.3, -0.25) is 0 Å². The Morgan fingerprint density at radius 2 is 1.92 bits per heavy atom. The van der Waals surface area contributed by atoms with Crippen LogP contribution in [0, 0.1) is 0 Å². The molecule has 0 atom stereocenters. The van der Waals surface area contributed by atoms with Crippen LogP contribution in [-0.2, 0) is 18.6 Å². The number of hydrogen-bond acceptors (Lipinski definition) is 0. The van der Waals surface area contributed by atoms with Gasteiger partial charge < -0.3 is 5.32 Å². The largest absolute Gasteiger partial charge is 0.685 e. The van der Waals surface area contributed by atoms with Crippen molar-refractivity contribution in [3.63, 3.8) is 0 Å². The number of nitrogens with zero attached hydrogens (tertiary/aromatic N) is 1. The second-order valence-electron chi connectivity index (χ2n) is 2.51. The topological polar surface area (TPSA) is 14.1 Å². The summed E-state index contributed by atoms with van der Waals surface area (Å²) in [5, 5.41) is 4.38. The summed E-state index contributed by atoms with van der Waals surface area (Å²) in [7, 11) is 0. The van der Waals surface area contributed by atoms with Crippen LogP contribution in [-0.4, -0.2) is 6.04 Å². The molecule has 0 saturated heterocycles. The number of rotatable bonds is 2. The van der Waals surface area contributed by atoms with E-state index in [2.05, 4.69) is 37.4 Å². The molecule has 4 heteroatoms. The molecule has 1 rings (SSSR count). The standard InChI is InChI=1S/C8H12N.2ClH.V/c1-7(2)9-8-5-3-4-6-8;;;/h3-5,7H,6H2,1-2H3;2*1H;/q-1;;;. The van der Waals surface area contributed by atoms with Crippen LogP contribution in [0.5, 0.6) is 0 Å². The fourth-order valence-corrected chi connectivity index (χ4v) is 0.863. The van der Waals surface area contributed by atoms with Crippen LogP contribution in [0.2, 0.25) is 0 Å². The first kappa shape index (κ1) is 18.3. The summed E-state index contributed by atoms with van der Waals surface area (Å²) < 4.78 is 0. The summed E-state index contributed by atoms with van der Waals surface area (Å²) in [6.45, 7) is 4.19. The first-order valence-corrected chi connectivity index (χ1v) is 3.35. The Kier molecular flexibility index (Phi) is 14.5. The van der Waals surface area contributed by atoms with Crippen LogP contribution in [0.1, 0.15) is 20.3 Å². The first-order chi connectivity index (χ1) is 4.29. The number of hydrogen-bond donors (Lipinski definition) is 0. The molecule has 0 aliphatic heterocycles. The fraction of sp³-hybridized carbons (Fsp3) is 0.500. The average Bonchev–Trinajstić information content (AvgIpc) is 2.15. The maximum atomic E-state index is 4.38. The molecule has 0 aromatic carbocycles. The summed E-state index contributed by atoms with van der Waals surface area (Å²) in [6, 6.07) is 0.441. The van der Waals surface area contributed by atoms with Crippen molar-refractivity contribution in [1.29, 1.82) is 0 Å². The zero-order valence-corrected chi connectivity index (χ0v) is 10.3. The van der Waals surface area contributed by atoms with E-state index in [9.17, 15) is 0 Å². The molecule has 1 radical (unpaired) electrons. The molecule has 1 aliphatic carbocycles. The Balaban J connectivity index is -0.000000270. The van der Waals surface area contributed by atoms with Crippen LogP contribution in [0.15, 0.2) is 23.9 Å². The molecule has 71 valence electrons. The van der Waals surface area contributed by atoms with Gasteiger partial charge in [-0.25, -0.2) is 0 Å². The summed E-state index contributed by atoms with van der Waals surface area (Å²) in [4.78, 5) is 0. The predicted molar refractivity (Wildman–Crippen MR) is 54.8 cm³/mol.